The van der Waals surface area contributed by atoms with Gasteiger partial charge < -0.3 is 4.90 Å². The number of benzene rings is 5. The third kappa shape index (κ3) is 5.19. The smallest absolute Gasteiger partial charge is 0.155 e. The molecular weight excluding hydrogens is 568 g/mol. The molecule has 1 nitrogen and oxygen atoms in total. The SMILES string of the molecule is CC(C)(C)N(c1ccccc1I)c1ccc(-c2ccccc2)c(-c2ccc(-c3ccccc3)cc2)c1F. The Balaban J connectivity index is 1.72. The molecule has 0 atom stereocenters. The predicted molar refractivity (Wildman–Crippen MR) is 164 cm³/mol. The van der Waals surface area contributed by atoms with Crippen LogP contribution in [0.3, 0.4) is 0 Å². The first-order chi connectivity index (χ1) is 17.8. The van der Waals surface area contributed by atoms with E-state index in [0.29, 0.717) is 11.3 Å². The molecule has 0 saturated carbocycles. The standard InChI is InChI=1S/C34H29FIN/c1-34(2,3)37(30-17-11-10-16-29(30)36)31-23-22-28(26-14-8-5-9-15-26)32(33(31)35)27-20-18-25(19-21-27)24-12-6-4-7-13-24/h4-23H,1-3H3. The van der Waals surface area contributed by atoms with Crippen molar-refractivity contribution in [2.24, 2.45) is 0 Å². The second kappa shape index (κ2) is 10.5. The minimum atomic E-state index is -0.342. The van der Waals surface area contributed by atoms with E-state index in [0.717, 1.165) is 37.1 Å². The molecule has 5 rings (SSSR count). The molecule has 0 amide bonds. The van der Waals surface area contributed by atoms with Crippen LogP contribution in [0.1, 0.15) is 20.8 Å². The van der Waals surface area contributed by atoms with Gasteiger partial charge in [0.2, 0.25) is 0 Å². The monoisotopic (exact) mass is 597 g/mol. The van der Waals surface area contributed by atoms with Crippen molar-refractivity contribution in [3.8, 4) is 33.4 Å². The molecule has 0 aromatic heterocycles. The molecule has 0 N–H and O–H groups in total. The fourth-order valence-corrected chi connectivity index (χ4v) is 5.45. The van der Waals surface area contributed by atoms with E-state index in [-0.39, 0.29) is 11.4 Å². The first-order valence-corrected chi connectivity index (χ1v) is 13.5. The lowest BCUT2D eigenvalue weighted by Gasteiger charge is -2.39. The maximum Gasteiger partial charge on any atom is 0.155 e. The van der Waals surface area contributed by atoms with Crippen molar-refractivity contribution in [1.82, 2.24) is 0 Å². The Bertz CT molecular complexity index is 1500. The van der Waals surface area contributed by atoms with Gasteiger partial charge in [0.15, 0.2) is 5.82 Å². The first-order valence-electron chi connectivity index (χ1n) is 12.4. The topological polar surface area (TPSA) is 3.24 Å². The number of anilines is 2. The van der Waals surface area contributed by atoms with Crippen LogP contribution in [0.15, 0.2) is 121 Å². The molecule has 0 aliphatic heterocycles. The zero-order chi connectivity index (χ0) is 26.0. The molecule has 0 spiro atoms. The van der Waals surface area contributed by atoms with Gasteiger partial charge in [-0.1, -0.05) is 103 Å². The normalized spacial score (nSPS) is 11.4. The molecular formula is C34H29FIN. The molecule has 0 aliphatic carbocycles. The highest BCUT2D eigenvalue weighted by molar-refractivity contribution is 14.1. The van der Waals surface area contributed by atoms with Crippen LogP contribution in [0, 0.1) is 9.39 Å². The lowest BCUT2D eigenvalue weighted by molar-refractivity contribution is 0.541. The molecule has 3 heteroatoms. The lowest BCUT2D eigenvalue weighted by Crippen LogP contribution is -2.38. The van der Waals surface area contributed by atoms with Gasteiger partial charge in [0.1, 0.15) is 0 Å². The van der Waals surface area contributed by atoms with Gasteiger partial charge in [-0.25, -0.2) is 4.39 Å². The van der Waals surface area contributed by atoms with Crippen LogP contribution < -0.4 is 4.90 Å². The van der Waals surface area contributed by atoms with Crippen molar-refractivity contribution >= 4 is 34.0 Å². The van der Waals surface area contributed by atoms with Crippen molar-refractivity contribution in [2.45, 2.75) is 26.3 Å². The summed E-state index contributed by atoms with van der Waals surface area (Å²) >= 11 is 2.34. The van der Waals surface area contributed by atoms with Crippen LogP contribution in [-0.2, 0) is 0 Å². The quantitative estimate of drug-likeness (QED) is 0.182. The molecule has 0 aliphatic rings. The number of para-hydroxylation sites is 1. The third-order valence-corrected chi connectivity index (χ3v) is 7.40. The summed E-state index contributed by atoms with van der Waals surface area (Å²) in [5.41, 5.74) is 6.81. The van der Waals surface area contributed by atoms with E-state index < -0.39 is 0 Å². The molecule has 184 valence electrons. The maximum absolute atomic E-state index is 16.9. The van der Waals surface area contributed by atoms with Gasteiger partial charge in [0, 0.05) is 14.7 Å². The van der Waals surface area contributed by atoms with E-state index in [1.165, 1.54) is 0 Å². The summed E-state index contributed by atoms with van der Waals surface area (Å²) in [6, 6.07) is 40.7. The van der Waals surface area contributed by atoms with Gasteiger partial charge in [-0.2, -0.15) is 0 Å². The zero-order valence-electron chi connectivity index (χ0n) is 21.3. The Labute approximate surface area is 232 Å². The average molecular weight is 598 g/mol. The molecule has 0 fully saturated rings. The van der Waals surface area contributed by atoms with E-state index >= 15 is 4.39 Å². The average Bonchev–Trinajstić information content (AvgIpc) is 2.91. The zero-order valence-corrected chi connectivity index (χ0v) is 23.4. The largest absolute Gasteiger partial charge is 0.333 e. The van der Waals surface area contributed by atoms with Crippen molar-refractivity contribution in [2.75, 3.05) is 4.90 Å². The molecule has 5 aromatic carbocycles. The van der Waals surface area contributed by atoms with Gasteiger partial charge in [-0.05, 0) is 89.4 Å². The second-order valence-corrected chi connectivity index (χ2v) is 11.3. The minimum absolute atomic E-state index is 0.219. The minimum Gasteiger partial charge on any atom is -0.333 e. The summed E-state index contributed by atoms with van der Waals surface area (Å²) < 4.78 is 18.0. The van der Waals surface area contributed by atoms with Crippen LogP contribution >= 0.6 is 22.6 Å². The maximum atomic E-state index is 16.9. The van der Waals surface area contributed by atoms with Crippen LogP contribution in [0.2, 0.25) is 0 Å². The molecule has 0 unspecified atom stereocenters. The van der Waals surface area contributed by atoms with Gasteiger partial charge in [0.05, 0.1) is 11.4 Å². The Morgan fingerprint density at radius 3 is 1.65 bits per heavy atom. The number of rotatable bonds is 5. The Kier molecular flexibility index (Phi) is 7.16. The number of hydrogen-bond donors (Lipinski definition) is 0. The van der Waals surface area contributed by atoms with Crippen LogP contribution in [0.25, 0.3) is 33.4 Å². The number of hydrogen-bond acceptors (Lipinski definition) is 1. The Morgan fingerprint density at radius 2 is 1.05 bits per heavy atom. The Hall–Kier alpha value is -3.44. The van der Waals surface area contributed by atoms with Gasteiger partial charge in [-0.3, -0.25) is 0 Å². The summed E-state index contributed by atoms with van der Waals surface area (Å²) in [5, 5.41) is 0. The summed E-state index contributed by atoms with van der Waals surface area (Å²) in [4.78, 5) is 2.11. The van der Waals surface area contributed by atoms with E-state index in [2.05, 4.69) is 90.7 Å². The van der Waals surface area contributed by atoms with E-state index in [9.17, 15) is 0 Å². The highest BCUT2D eigenvalue weighted by atomic mass is 127. The molecule has 0 saturated heterocycles. The number of halogens is 2. The van der Waals surface area contributed by atoms with Crippen molar-refractivity contribution in [3.05, 3.63) is 131 Å². The summed E-state index contributed by atoms with van der Waals surface area (Å²) in [5.74, 6) is -0.219. The van der Waals surface area contributed by atoms with Crippen LogP contribution in [0.5, 0.6) is 0 Å². The summed E-state index contributed by atoms with van der Waals surface area (Å²) in [6.07, 6.45) is 0. The first kappa shape index (κ1) is 25.2. The second-order valence-electron chi connectivity index (χ2n) is 10.1. The molecule has 0 radical (unpaired) electrons. The summed E-state index contributed by atoms with van der Waals surface area (Å²) in [6.45, 7) is 6.36. The highest BCUT2D eigenvalue weighted by Gasteiger charge is 2.29. The molecule has 5 aromatic rings. The van der Waals surface area contributed by atoms with Gasteiger partial charge >= 0.3 is 0 Å². The van der Waals surface area contributed by atoms with E-state index in [1.54, 1.807) is 0 Å². The van der Waals surface area contributed by atoms with Crippen molar-refractivity contribution < 1.29 is 4.39 Å². The molecule has 0 bridgehead atoms. The lowest BCUT2D eigenvalue weighted by atomic mass is 9.91. The fourth-order valence-electron chi connectivity index (χ4n) is 4.82. The molecule has 37 heavy (non-hydrogen) atoms. The Morgan fingerprint density at radius 1 is 0.541 bits per heavy atom. The van der Waals surface area contributed by atoms with E-state index in [4.69, 9.17) is 0 Å². The van der Waals surface area contributed by atoms with Crippen LogP contribution in [0.4, 0.5) is 15.8 Å². The van der Waals surface area contributed by atoms with Crippen LogP contribution in [-0.4, -0.2) is 5.54 Å². The van der Waals surface area contributed by atoms with Crippen molar-refractivity contribution in [1.29, 1.82) is 0 Å². The van der Waals surface area contributed by atoms with Gasteiger partial charge in [0.25, 0.3) is 0 Å². The van der Waals surface area contributed by atoms with Gasteiger partial charge in [-0.15, -0.1) is 0 Å². The van der Waals surface area contributed by atoms with E-state index in [1.807, 2.05) is 78.9 Å². The summed E-state index contributed by atoms with van der Waals surface area (Å²) in [7, 11) is 0. The van der Waals surface area contributed by atoms with Crippen molar-refractivity contribution in [3.63, 3.8) is 0 Å². The third-order valence-electron chi connectivity index (χ3n) is 6.49. The number of nitrogens with zero attached hydrogens (tertiary/aromatic N) is 1. The highest BCUT2D eigenvalue weighted by Crippen LogP contribution is 2.44. The predicted octanol–water partition coefficient (Wildman–Crippen LogP) is 10.4. The molecule has 0 heterocycles. The fraction of sp³-hybridized carbons (Fsp3) is 0.118.